The van der Waals surface area contributed by atoms with Gasteiger partial charge in [-0.3, -0.25) is 4.79 Å². The third-order valence-corrected chi connectivity index (χ3v) is 3.51. The van der Waals surface area contributed by atoms with Crippen LogP contribution in [-0.2, 0) is 9.53 Å². The Labute approximate surface area is 122 Å². The van der Waals surface area contributed by atoms with Gasteiger partial charge in [0.2, 0.25) is 5.91 Å². The maximum absolute atomic E-state index is 12.1. The predicted octanol–water partition coefficient (Wildman–Crippen LogP) is 1.27. The van der Waals surface area contributed by atoms with Gasteiger partial charge in [0.15, 0.2) is 11.5 Å². The molecule has 0 aliphatic carbocycles. The van der Waals surface area contributed by atoms with Crippen molar-refractivity contribution < 1.29 is 19.0 Å². The molecule has 0 bridgehead atoms. The van der Waals surface area contributed by atoms with Crippen LogP contribution in [0.1, 0.15) is 0 Å². The Balaban J connectivity index is 2.18. The smallest absolute Gasteiger partial charge is 0.231 e. The molecule has 0 spiro atoms. The minimum atomic E-state index is -0.376. The second-order valence-corrected chi connectivity index (χ2v) is 4.89. The molecule has 2 atom stereocenters. The number of anilines is 1. The Bertz CT molecular complexity index is 509. The summed E-state index contributed by atoms with van der Waals surface area (Å²) in [6.07, 6.45) is 0. The Hall–Kier alpha value is -1.50. The SMILES string of the molecule is COc1cc(Cl)c(NC(=O)C2COCC2N)cc1OC. The summed E-state index contributed by atoms with van der Waals surface area (Å²) in [5, 5.41) is 3.11. The summed E-state index contributed by atoms with van der Waals surface area (Å²) >= 11 is 6.11. The highest BCUT2D eigenvalue weighted by molar-refractivity contribution is 6.34. The van der Waals surface area contributed by atoms with Crippen molar-refractivity contribution in [2.75, 3.05) is 32.8 Å². The van der Waals surface area contributed by atoms with Crippen LogP contribution in [0.25, 0.3) is 0 Å². The molecular formula is C13H17ClN2O4. The molecule has 7 heteroatoms. The van der Waals surface area contributed by atoms with Crippen LogP contribution in [0.3, 0.4) is 0 Å². The summed E-state index contributed by atoms with van der Waals surface area (Å²) in [6.45, 7) is 0.704. The lowest BCUT2D eigenvalue weighted by molar-refractivity contribution is -0.120. The van der Waals surface area contributed by atoms with E-state index in [4.69, 9.17) is 31.5 Å². The van der Waals surface area contributed by atoms with Crippen LogP contribution >= 0.6 is 11.6 Å². The molecule has 1 aliphatic rings. The highest BCUT2D eigenvalue weighted by atomic mass is 35.5. The maximum atomic E-state index is 12.1. The lowest BCUT2D eigenvalue weighted by atomic mass is 10.0. The molecule has 1 heterocycles. The zero-order valence-corrected chi connectivity index (χ0v) is 12.1. The van der Waals surface area contributed by atoms with Gasteiger partial charge >= 0.3 is 0 Å². The van der Waals surface area contributed by atoms with Crippen LogP contribution in [0.2, 0.25) is 5.02 Å². The molecule has 2 rings (SSSR count). The third-order valence-electron chi connectivity index (χ3n) is 3.19. The molecule has 0 aromatic heterocycles. The van der Waals surface area contributed by atoms with Crippen molar-refractivity contribution in [3.05, 3.63) is 17.2 Å². The quantitative estimate of drug-likeness (QED) is 0.875. The lowest BCUT2D eigenvalue weighted by Crippen LogP contribution is -2.37. The fourth-order valence-corrected chi connectivity index (χ4v) is 2.22. The number of rotatable bonds is 4. The van der Waals surface area contributed by atoms with Gasteiger partial charge in [-0.05, 0) is 0 Å². The molecule has 110 valence electrons. The molecule has 0 saturated carbocycles. The fraction of sp³-hybridized carbons (Fsp3) is 0.462. The highest BCUT2D eigenvalue weighted by Crippen LogP contribution is 2.36. The van der Waals surface area contributed by atoms with Crippen molar-refractivity contribution in [1.29, 1.82) is 0 Å². The first-order valence-corrected chi connectivity index (χ1v) is 6.50. The van der Waals surface area contributed by atoms with E-state index >= 15 is 0 Å². The number of methoxy groups -OCH3 is 2. The number of amides is 1. The molecule has 6 nitrogen and oxygen atoms in total. The average molecular weight is 301 g/mol. The Morgan fingerprint density at radius 2 is 2.00 bits per heavy atom. The molecule has 1 amide bonds. The van der Waals surface area contributed by atoms with E-state index in [9.17, 15) is 4.79 Å². The van der Waals surface area contributed by atoms with Crippen molar-refractivity contribution in [2.45, 2.75) is 6.04 Å². The first-order valence-electron chi connectivity index (χ1n) is 6.12. The predicted molar refractivity (Wildman–Crippen MR) is 75.5 cm³/mol. The molecule has 1 aliphatic heterocycles. The molecular weight excluding hydrogens is 284 g/mol. The number of nitrogens with one attached hydrogen (secondary N) is 1. The molecule has 1 fully saturated rings. The monoisotopic (exact) mass is 300 g/mol. The summed E-state index contributed by atoms with van der Waals surface area (Å²) < 4.78 is 15.5. The van der Waals surface area contributed by atoms with E-state index in [1.165, 1.54) is 14.2 Å². The second-order valence-electron chi connectivity index (χ2n) is 4.48. The van der Waals surface area contributed by atoms with Crippen LogP contribution in [0.5, 0.6) is 11.5 Å². The molecule has 0 radical (unpaired) electrons. The van der Waals surface area contributed by atoms with Crippen molar-refractivity contribution in [2.24, 2.45) is 11.7 Å². The third kappa shape index (κ3) is 2.98. The van der Waals surface area contributed by atoms with Crippen molar-refractivity contribution in [3.63, 3.8) is 0 Å². The first-order chi connectivity index (χ1) is 9.56. The zero-order valence-electron chi connectivity index (χ0n) is 11.3. The van der Waals surface area contributed by atoms with Crippen LogP contribution in [0, 0.1) is 5.92 Å². The minimum absolute atomic E-state index is 0.218. The van der Waals surface area contributed by atoms with E-state index in [-0.39, 0.29) is 17.9 Å². The summed E-state index contributed by atoms with van der Waals surface area (Å²) in [5.41, 5.74) is 6.26. The largest absolute Gasteiger partial charge is 0.493 e. The van der Waals surface area contributed by atoms with E-state index in [2.05, 4.69) is 5.32 Å². The molecule has 1 aromatic carbocycles. The summed E-state index contributed by atoms with van der Waals surface area (Å²) in [7, 11) is 3.03. The van der Waals surface area contributed by atoms with Crippen LogP contribution in [0.15, 0.2) is 12.1 Å². The van der Waals surface area contributed by atoms with E-state index < -0.39 is 0 Å². The summed E-state index contributed by atoms with van der Waals surface area (Å²) in [4.78, 5) is 12.1. The normalized spacial score (nSPS) is 21.6. The van der Waals surface area contributed by atoms with Gasteiger partial charge in [0.05, 0.1) is 44.1 Å². The number of halogens is 1. The van der Waals surface area contributed by atoms with Crippen LogP contribution in [-0.4, -0.2) is 39.4 Å². The van der Waals surface area contributed by atoms with E-state index in [1.54, 1.807) is 12.1 Å². The zero-order chi connectivity index (χ0) is 14.7. The van der Waals surface area contributed by atoms with Gasteiger partial charge in [0, 0.05) is 18.2 Å². The van der Waals surface area contributed by atoms with Gasteiger partial charge in [-0.15, -0.1) is 0 Å². The van der Waals surface area contributed by atoms with Gasteiger partial charge in [-0.1, -0.05) is 11.6 Å². The lowest BCUT2D eigenvalue weighted by Gasteiger charge is -2.16. The van der Waals surface area contributed by atoms with E-state index in [0.717, 1.165) is 0 Å². The van der Waals surface area contributed by atoms with Crippen LogP contribution < -0.4 is 20.5 Å². The Kier molecular flexibility index (Phi) is 4.69. The van der Waals surface area contributed by atoms with Gasteiger partial charge in [-0.2, -0.15) is 0 Å². The summed E-state index contributed by atoms with van der Waals surface area (Å²) in [6, 6.07) is 2.90. The fourth-order valence-electron chi connectivity index (χ4n) is 2.02. The van der Waals surface area contributed by atoms with Gasteiger partial charge < -0.3 is 25.3 Å². The molecule has 1 saturated heterocycles. The topological polar surface area (TPSA) is 82.8 Å². The number of ether oxygens (including phenoxy) is 3. The number of hydrogen-bond donors (Lipinski definition) is 2. The van der Waals surface area contributed by atoms with E-state index in [0.29, 0.717) is 35.4 Å². The summed E-state index contributed by atoms with van der Waals surface area (Å²) in [5.74, 6) is 0.388. The molecule has 20 heavy (non-hydrogen) atoms. The highest BCUT2D eigenvalue weighted by Gasteiger charge is 2.31. The van der Waals surface area contributed by atoms with Gasteiger partial charge in [0.25, 0.3) is 0 Å². The molecule has 2 unspecified atom stereocenters. The minimum Gasteiger partial charge on any atom is -0.493 e. The standard InChI is InChI=1S/C13H17ClN2O4/c1-18-11-3-8(14)10(4-12(11)19-2)16-13(17)7-5-20-6-9(7)15/h3-4,7,9H,5-6,15H2,1-2H3,(H,16,17). The first kappa shape index (κ1) is 14.9. The van der Waals surface area contributed by atoms with Crippen molar-refractivity contribution >= 4 is 23.2 Å². The number of nitrogens with two attached hydrogens (primary N) is 1. The molecule has 3 N–H and O–H groups in total. The van der Waals surface area contributed by atoms with Crippen molar-refractivity contribution in [1.82, 2.24) is 0 Å². The maximum Gasteiger partial charge on any atom is 0.231 e. The number of carbonyl (C=O) groups is 1. The van der Waals surface area contributed by atoms with Gasteiger partial charge in [-0.25, -0.2) is 0 Å². The Morgan fingerprint density at radius 3 is 2.55 bits per heavy atom. The number of carbonyl (C=O) groups excluding carboxylic acids is 1. The van der Waals surface area contributed by atoms with Gasteiger partial charge in [0.1, 0.15) is 0 Å². The Morgan fingerprint density at radius 1 is 1.35 bits per heavy atom. The average Bonchev–Trinajstić information content (AvgIpc) is 2.86. The second kappa shape index (κ2) is 6.30. The van der Waals surface area contributed by atoms with E-state index in [1.807, 2.05) is 0 Å². The number of benzene rings is 1. The molecule has 1 aromatic rings. The van der Waals surface area contributed by atoms with Crippen molar-refractivity contribution in [3.8, 4) is 11.5 Å². The number of hydrogen-bond acceptors (Lipinski definition) is 5. The van der Waals surface area contributed by atoms with Crippen LogP contribution in [0.4, 0.5) is 5.69 Å².